The molecule has 36 heavy (non-hydrogen) atoms. The van der Waals surface area contributed by atoms with Crippen LogP contribution in [0.4, 0.5) is 5.82 Å². The Morgan fingerprint density at radius 2 is 1.97 bits per heavy atom. The standard InChI is InChI=1S/C26H31Cl2N5O2S/c27-19-7-6-18(17-20(19)28)21-5-3-15-33(21,35)16-4-12-29-24(34)10-11-25-31-26-22(36-25)8-9-23(30-26)32-13-1-2-14-32/h6-9,17,21,35H,1-5,10-16H2. The van der Waals surface area contributed by atoms with Crippen molar-refractivity contribution < 1.29 is 15.0 Å². The normalized spacial score (nSPS) is 22.7. The molecule has 2 aromatic heterocycles. The van der Waals surface area contributed by atoms with Crippen LogP contribution >= 0.6 is 34.5 Å². The van der Waals surface area contributed by atoms with Crippen LogP contribution in [0.2, 0.25) is 10.0 Å². The molecular formula is C26H31Cl2N5O2S. The summed E-state index contributed by atoms with van der Waals surface area (Å²) in [7, 11) is 0. The molecule has 192 valence electrons. The molecule has 2 atom stereocenters. The van der Waals surface area contributed by atoms with Gasteiger partial charge in [-0.3, -0.25) is 0 Å². The van der Waals surface area contributed by atoms with Gasteiger partial charge < -0.3 is 15.0 Å². The van der Waals surface area contributed by atoms with Gasteiger partial charge in [0.1, 0.15) is 24.9 Å². The minimum absolute atomic E-state index is 0.0332. The van der Waals surface area contributed by atoms with E-state index < -0.39 is 0 Å². The number of hydrogen-bond donors (Lipinski definition) is 1. The largest absolute Gasteiger partial charge is 0.862 e. The van der Waals surface area contributed by atoms with Crippen molar-refractivity contribution in [2.24, 2.45) is 4.99 Å². The van der Waals surface area contributed by atoms with E-state index in [1.807, 2.05) is 12.1 Å². The van der Waals surface area contributed by atoms with Gasteiger partial charge in [-0.2, -0.15) is 4.65 Å². The number of aromatic nitrogens is 2. The highest BCUT2D eigenvalue weighted by Crippen LogP contribution is 2.39. The van der Waals surface area contributed by atoms with Gasteiger partial charge in [-0.15, -0.1) is 11.3 Å². The van der Waals surface area contributed by atoms with Gasteiger partial charge in [0.05, 0.1) is 19.8 Å². The summed E-state index contributed by atoms with van der Waals surface area (Å²) < 4.78 is 1.01. The Bertz CT molecular complexity index is 1250. The molecule has 0 saturated carbocycles. The van der Waals surface area contributed by atoms with Crippen molar-refractivity contribution >= 4 is 56.6 Å². The first-order valence-electron chi connectivity index (χ1n) is 12.7. The molecule has 0 bridgehead atoms. The highest BCUT2D eigenvalue weighted by atomic mass is 35.5. The van der Waals surface area contributed by atoms with Crippen LogP contribution in [0.5, 0.6) is 0 Å². The van der Waals surface area contributed by atoms with Crippen molar-refractivity contribution in [2.75, 3.05) is 37.6 Å². The van der Waals surface area contributed by atoms with Gasteiger partial charge in [-0.05, 0) is 49.4 Å². The van der Waals surface area contributed by atoms with Gasteiger partial charge in [0, 0.05) is 50.9 Å². The molecule has 0 spiro atoms. The molecule has 2 saturated heterocycles. The summed E-state index contributed by atoms with van der Waals surface area (Å²) in [6.07, 6.45) is 5.80. The van der Waals surface area contributed by atoms with Crippen LogP contribution in [0.1, 0.15) is 55.1 Å². The van der Waals surface area contributed by atoms with E-state index in [0.29, 0.717) is 48.9 Å². The second-order valence-electron chi connectivity index (χ2n) is 9.69. The van der Waals surface area contributed by atoms with Gasteiger partial charge >= 0.3 is 0 Å². The van der Waals surface area contributed by atoms with Gasteiger partial charge in [-0.1, -0.05) is 29.3 Å². The quantitative estimate of drug-likeness (QED) is 0.167. The lowest BCUT2D eigenvalue weighted by Crippen LogP contribution is -2.44. The number of halogens is 2. The van der Waals surface area contributed by atoms with Gasteiger partial charge in [0.25, 0.3) is 0 Å². The zero-order valence-corrected chi connectivity index (χ0v) is 22.5. The Balaban J connectivity index is 1.12. The van der Waals surface area contributed by atoms with Crippen LogP contribution in [0.3, 0.4) is 0 Å². The van der Waals surface area contributed by atoms with Crippen LogP contribution in [-0.2, 0) is 6.42 Å². The third-order valence-electron chi connectivity index (χ3n) is 7.19. The van der Waals surface area contributed by atoms with Crippen LogP contribution in [-0.4, -0.2) is 58.4 Å². The second kappa shape index (κ2) is 11.2. The highest BCUT2D eigenvalue weighted by Gasteiger charge is 2.42. The maximum absolute atomic E-state index is 12.4. The smallest absolute Gasteiger partial charge is 0.172 e. The molecule has 2 fully saturated rings. The van der Waals surface area contributed by atoms with Crippen molar-refractivity contribution in [3.8, 4) is 0 Å². The Hall–Kier alpha value is -1.97. The van der Waals surface area contributed by atoms with E-state index in [1.165, 1.54) is 12.8 Å². The maximum Gasteiger partial charge on any atom is 0.172 e. The first kappa shape index (κ1) is 25.7. The Morgan fingerprint density at radius 3 is 2.78 bits per heavy atom. The number of benzene rings is 1. The first-order chi connectivity index (χ1) is 17.4. The molecule has 7 nitrogen and oxygen atoms in total. The fraction of sp³-hybridized carbons (Fsp3) is 0.500. The van der Waals surface area contributed by atoms with Crippen molar-refractivity contribution in [1.29, 1.82) is 0 Å². The summed E-state index contributed by atoms with van der Waals surface area (Å²) in [6, 6.07) is 9.69. The van der Waals surface area contributed by atoms with Gasteiger partial charge in [0.15, 0.2) is 5.65 Å². The molecule has 2 unspecified atom stereocenters. The number of fused-ring (bicyclic) bond motifs is 1. The predicted molar refractivity (Wildman–Crippen MR) is 144 cm³/mol. The highest BCUT2D eigenvalue weighted by molar-refractivity contribution is 7.18. The lowest BCUT2D eigenvalue weighted by Gasteiger charge is -2.32. The number of pyridine rings is 1. The molecule has 1 aromatic carbocycles. The zero-order valence-electron chi connectivity index (χ0n) is 20.2. The monoisotopic (exact) mass is 547 g/mol. The number of thiazole rings is 1. The summed E-state index contributed by atoms with van der Waals surface area (Å²) in [5.41, 5.74) is 1.76. The number of likely N-dealkylation sites (tertiary alicyclic amines) is 1. The first-order valence-corrected chi connectivity index (χ1v) is 14.2. The summed E-state index contributed by atoms with van der Waals surface area (Å²) in [6.45, 7) is 3.75. The molecule has 3 aromatic rings. The van der Waals surface area contributed by atoms with E-state index in [2.05, 4.69) is 27.0 Å². The van der Waals surface area contributed by atoms with E-state index in [0.717, 1.165) is 52.7 Å². The fourth-order valence-corrected chi connectivity index (χ4v) is 6.53. The van der Waals surface area contributed by atoms with E-state index in [9.17, 15) is 10.3 Å². The average molecular weight is 549 g/mol. The summed E-state index contributed by atoms with van der Waals surface area (Å²) >= 11 is 13.8. The second-order valence-corrected chi connectivity index (χ2v) is 11.6. The van der Waals surface area contributed by atoms with Crippen LogP contribution in [0, 0.1) is 0 Å². The molecule has 0 radical (unpaired) electrons. The number of hydroxylamine groups is 3. The average Bonchev–Trinajstić information content (AvgIpc) is 3.62. The maximum atomic E-state index is 12.4. The molecule has 10 heteroatoms. The topological polar surface area (TPSA) is 84.7 Å². The molecule has 2 aliphatic rings. The van der Waals surface area contributed by atoms with Crippen molar-refractivity contribution in [2.45, 2.75) is 51.0 Å². The lowest BCUT2D eigenvalue weighted by atomic mass is 10.0. The van der Waals surface area contributed by atoms with Gasteiger partial charge in [0.2, 0.25) is 0 Å². The Morgan fingerprint density at radius 1 is 1.14 bits per heavy atom. The van der Waals surface area contributed by atoms with Crippen molar-refractivity contribution in [1.82, 2.24) is 9.97 Å². The number of rotatable bonds is 9. The van der Waals surface area contributed by atoms with E-state index in [4.69, 9.17) is 28.2 Å². The van der Waals surface area contributed by atoms with Crippen LogP contribution < -0.4 is 10.0 Å². The van der Waals surface area contributed by atoms with Crippen LogP contribution in [0.25, 0.3) is 10.3 Å². The van der Waals surface area contributed by atoms with E-state index >= 15 is 0 Å². The third kappa shape index (κ3) is 5.78. The number of aliphatic imine (C=N–C) groups is 1. The SMILES string of the molecule is [O-]C(CCc1nc2nc(N3CCCC3)ccc2s1)=NCCC[N+]1(O)CCCC1c1ccc(Cl)c(Cl)c1. The predicted octanol–water partition coefficient (Wildman–Crippen LogP) is 5.42. The molecular weight excluding hydrogens is 517 g/mol. The van der Waals surface area contributed by atoms with E-state index in [1.54, 1.807) is 17.4 Å². The summed E-state index contributed by atoms with van der Waals surface area (Å²) in [4.78, 5) is 15.9. The Kier molecular flexibility index (Phi) is 7.98. The Labute approximate surface area is 225 Å². The minimum Gasteiger partial charge on any atom is -0.862 e. The summed E-state index contributed by atoms with van der Waals surface area (Å²) in [5, 5.41) is 25.6. The number of quaternary nitrogens is 1. The van der Waals surface area contributed by atoms with Gasteiger partial charge in [-0.25, -0.2) is 15.2 Å². The summed E-state index contributed by atoms with van der Waals surface area (Å²) in [5.74, 6) is 0.874. The van der Waals surface area contributed by atoms with Crippen molar-refractivity contribution in [3.05, 3.63) is 50.9 Å². The number of aryl methyl sites for hydroxylation is 1. The molecule has 0 amide bonds. The van der Waals surface area contributed by atoms with Crippen LogP contribution in [0.15, 0.2) is 35.3 Å². The minimum atomic E-state index is -0.119. The lowest BCUT2D eigenvalue weighted by molar-refractivity contribution is -1.12. The third-order valence-corrected chi connectivity index (χ3v) is 9.00. The molecule has 1 N–H and O–H groups in total. The molecule has 0 aliphatic carbocycles. The zero-order chi connectivity index (χ0) is 25.1. The fourth-order valence-electron chi connectivity index (χ4n) is 5.31. The van der Waals surface area contributed by atoms with E-state index in [-0.39, 0.29) is 16.6 Å². The number of hydrogen-bond acceptors (Lipinski definition) is 7. The molecule has 4 heterocycles. The number of anilines is 1. The number of nitrogens with zero attached hydrogens (tertiary/aromatic N) is 5. The molecule has 2 aliphatic heterocycles. The molecule has 5 rings (SSSR count). The van der Waals surface area contributed by atoms with Crippen molar-refractivity contribution in [3.63, 3.8) is 0 Å².